The van der Waals surface area contributed by atoms with Gasteiger partial charge in [-0.3, -0.25) is 4.79 Å². The molecule has 1 aromatic heterocycles. The molecule has 1 aliphatic rings. The quantitative estimate of drug-likeness (QED) is 0.771. The highest BCUT2D eigenvalue weighted by atomic mass is 19.1. The van der Waals surface area contributed by atoms with Crippen LogP contribution < -0.4 is 11.1 Å². The molecule has 0 aliphatic carbocycles. The first-order valence-corrected chi connectivity index (χ1v) is 8.27. The number of nitrogens with one attached hydrogen (secondary N) is 1. The van der Waals surface area contributed by atoms with Crippen molar-refractivity contribution in [1.82, 2.24) is 15.1 Å². The van der Waals surface area contributed by atoms with Crippen molar-refractivity contribution in [3.05, 3.63) is 59.5 Å². The van der Waals surface area contributed by atoms with Crippen LogP contribution in [0, 0.1) is 5.82 Å². The molecule has 1 amide bonds. The molecule has 1 saturated heterocycles. The minimum Gasteiger partial charge on any atom is -0.366 e. The standard InChI is InChI=1S/C19H19FN4O/c20-16-9-12(13-4-2-8-22-10-13)6-7-17(16)24-11-14-3-1-5-15(19(21)25)18(14)23-24/h1,3,5-7,9,11,13,22H,2,4,8,10H2,(H2,21,25)/t13-/m0/s1/i13D. The number of piperidine rings is 1. The molecule has 0 radical (unpaired) electrons. The zero-order chi connectivity index (χ0) is 18.3. The molecule has 4 rings (SSSR count). The molecule has 3 N–H and O–H groups in total. The number of carbonyl (C=O) groups excluding carboxylic acids is 1. The number of halogens is 1. The van der Waals surface area contributed by atoms with E-state index in [0.29, 0.717) is 35.0 Å². The number of amides is 1. The van der Waals surface area contributed by atoms with Crippen molar-refractivity contribution >= 4 is 16.8 Å². The number of primary amides is 1. The summed E-state index contributed by atoms with van der Waals surface area (Å²) in [6.45, 7) is 1.41. The van der Waals surface area contributed by atoms with Gasteiger partial charge in [0.25, 0.3) is 5.91 Å². The van der Waals surface area contributed by atoms with Crippen LogP contribution in [0.25, 0.3) is 16.6 Å². The summed E-state index contributed by atoms with van der Waals surface area (Å²) in [7, 11) is 0. The normalized spacial score (nSPS) is 21.2. The molecule has 1 atom stereocenters. The lowest BCUT2D eigenvalue weighted by molar-refractivity contribution is 0.100. The summed E-state index contributed by atoms with van der Waals surface area (Å²) in [5.74, 6) is -1.84. The third kappa shape index (κ3) is 2.89. The van der Waals surface area contributed by atoms with E-state index in [4.69, 9.17) is 7.10 Å². The molecule has 3 aromatic rings. The first kappa shape index (κ1) is 14.6. The van der Waals surface area contributed by atoms with Crippen LogP contribution >= 0.6 is 0 Å². The first-order valence-electron chi connectivity index (χ1n) is 8.77. The zero-order valence-electron chi connectivity index (χ0n) is 14.6. The number of aromatic nitrogens is 2. The molecule has 128 valence electrons. The molecule has 25 heavy (non-hydrogen) atoms. The average Bonchev–Trinajstić information content (AvgIpc) is 3.05. The van der Waals surface area contributed by atoms with Gasteiger partial charge in [-0.05, 0) is 49.0 Å². The molecule has 1 fully saturated rings. The van der Waals surface area contributed by atoms with Gasteiger partial charge in [-0.1, -0.05) is 18.2 Å². The Balaban J connectivity index is 1.76. The van der Waals surface area contributed by atoms with Crippen LogP contribution in [0.1, 0.15) is 36.0 Å². The van der Waals surface area contributed by atoms with E-state index in [1.165, 1.54) is 10.7 Å². The topological polar surface area (TPSA) is 72.9 Å². The lowest BCUT2D eigenvalue weighted by atomic mass is 9.91. The molecule has 1 aliphatic heterocycles. The number of nitrogens with two attached hydrogens (primary N) is 1. The molecule has 6 heteroatoms. The van der Waals surface area contributed by atoms with Crippen molar-refractivity contribution in [3.8, 4) is 5.69 Å². The molecule has 0 unspecified atom stereocenters. The molecular formula is C19H19FN4O. The Hall–Kier alpha value is -2.73. The SMILES string of the molecule is [2H][C@]1(c2ccc(-n3cc4cccc(C(N)=O)c4n3)c(F)c2)CCCNC1. The van der Waals surface area contributed by atoms with E-state index in [9.17, 15) is 9.18 Å². The van der Waals surface area contributed by atoms with Gasteiger partial charge >= 0.3 is 0 Å². The van der Waals surface area contributed by atoms with Crippen molar-refractivity contribution in [2.45, 2.75) is 18.7 Å². The van der Waals surface area contributed by atoms with Crippen LogP contribution in [0.5, 0.6) is 0 Å². The van der Waals surface area contributed by atoms with Crippen LogP contribution in [0.3, 0.4) is 0 Å². The average molecular weight is 339 g/mol. The fourth-order valence-corrected chi connectivity index (χ4v) is 3.28. The van der Waals surface area contributed by atoms with Gasteiger partial charge in [0, 0.05) is 19.5 Å². The minimum atomic E-state index is -0.814. The van der Waals surface area contributed by atoms with E-state index >= 15 is 0 Å². The van der Waals surface area contributed by atoms with Crippen LogP contribution in [0.4, 0.5) is 4.39 Å². The third-order valence-corrected chi connectivity index (χ3v) is 4.58. The van der Waals surface area contributed by atoms with Gasteiger partial charge in [0.15, 0.2) is 0 Å². The molecule has 0 bridgehead atoms. The molecule has 2 heterocycles. The smallest absolute Gasteiger partial charge is 0.250 e. The summed E-state index contributed by atoms with van der Waals surface area (Å²) >= 11 is 0. The van der Waals surface area contributed by atoms with Gasteiger partial charge < -0.3 is 11.1 Å². The Morgan fingerprint density at radius 3 is 3.00 bits per heavy atom. The van der Waals surface area contributed by atoms with E-state index in [0.717, 1.165) is 13.0 Å². The Morgan fingerprint density at radius 2 is 2.28 bits per heavy atom. The van der Waals surface area contributed by atoms with Gasteiger partial charge in [0.1, 0.15) is 17.0 Å². The van der Waals surface area contributed by atoms with E-state index in [-0.39, 0.29) is 5.69 Å². The maximum absolute atomic E-state index is 14.8. The number of carbonyl (C=O) groups is 1. The van der Waals surface area contributed by atoms with Crippen LogP contribution in [-0.2, 0) is 0 Å². The Labute approximate surface area is 146 Å². The lowest BCUT2D eigenvalue weighted by Gasteiger charge is -2.23. The van der Waals surface area contributed by atoms with E-state index in [1.807, 2.05) is 0 Å². The van der Waals surface area contributed by atoms with Crippen molar-refractivity contribution in [1.29, 1.82) is 0 Å². The van der Waals surface area contributed by atoms with Crippen molar-refractivity contribution in [2.75, 3.05) is 13.1 Å². The molecule has 0 spiro atoms. The number of fused-ring (bicyclic) bond motifs is 1. The van der Waals surface area contributed by atoms with E-state index in [2.05, 4.69) is 10.4 Å². The first-order chi connectivity index (χ1) is 12.5. The molecule has 0 saturated carbocycles. The number of hydrogen-bond donors (Lipinski definition) is 2. The summed E-state index contributed by atoms with van der Waals surface area (Å²) in [6.07, 6.45) is 3.26. The fourth-order valence-electron chi connectivity index (χ4n) is 3.28. The predicted octanol–water partition coefficient (Wildman–Crippen LogP) is 2.73. The Bertz CT molecular complexity index is 994. The van der Waals surface area contributed by atoms with Crippen molar-refractivity contribution in [3.63, 3.8) is 0 Å². The number of nitrogens with zero attached hydrogens (tertiary/aromatic N) is 2. The second-order valence-corrected chi connectivity index (χ2v) is 6.23. The largest absolute Gasteiger partial charge is 0.366 e. The fraction of sp³-hybridized carbons (Fsp3) is 0.263. The number of rotatable bonds is 3. The van der Waals surface area contributed by atoms with Gasteiger partial charge in [0.05, 0.1) is 5.56 Å². The van der Waals surface area contributed by atoms with Crippen molar-refractivity contribution in [2.24, 2.45) is 5.73 Å². The van der Waals surface area contributed by atoms with Gasteiger partial charge in [-0.2, -0.15) is 5.10 Å². The summed E-state index contributed by atoms with van der Waals surface area (Å²) < 4.78 is 24.8. The summed E-state index contributed by atoms with van der Waals surface area (Å²) in [5.41, 5.74) is 7.05. The summed E-state index contributed by atoms with van der Waals surface area (Å²) in [6, 6.07) is 9.93. The van der Waals surface area contributed by atoms with E-state index < -0.39 is 17.6 Å². The predicted molar refractivity (Wildman–Crippen MR) is 94.4 cm³/mol. The maximum Gasteiger partial charge on any atom is 0.250 e. The number of hydrogen-bond acceptors (Lipinski definition) is 3. The Kier molecular flexibility index (Phi) is 3.67. The summed E-state index contributed by atoms with van der Waals surface area (Å²) in [4.78, 5) is 11.6. The lowest BCUT2D eigenvalue weighted by Crippen LogP contribution is -2.28. The van der Waals surface area contributed by atoms with Crippen LogP contribution in [0.15, 0.2) is 42.6 Å². The minimum absolute atomic E-state index is 0.271. The monoisotopic (exact) mass is 339 g/mol. The van der Waals surface area contributed by atoms with Crippen LogP contribution in [-0.4, -0.2) is 28.8 Å². The highest BCUT2D eigenvalue weighted by molar-refractivity contribution is 6.04. The van der Waals surface area contributed by atoms with Gasteiger partial charge in [-0.15, -0.1) is 0 Å². The number of benzene rings is 2. The molecular weight excluding hydrogens is 319 g/mol. The van der Waals surface area contributed by atoms with Crippen molar-refractivity contribution < 1.29 is 10.6 Å². The second kappa shape index (κ2) is 6.29. The second-order valence-electron chi connectivity index (χ2n) is 6.23. The molecule has 2 aromatic carbocycles. The van der Waals surface area contributed by atoms with Gasteiger partial charge in [0.2, 0.25) is 0 Å². The van der Waals surface area contributed by atoms with Gasteiger partial charge in [-0.25, -0.2) is 9.07 Å². The molecule has 5 nitrogen and oxygen atoms in total. The highest BCUT2D eigenvalue weighted by Gasteiger charge is 2.18. The highest BCUT2D eigenvalue weighted by Crippen LogP contribution is 2.27. The van der Waals surface area contributed by atoms with Crippen LogP contribution in [0.2, 0.25) is 0 Å². The maximum atomic E-state index is 14.8. The third-order valence-electron chi connectivity index (χ3n) is 4.58. The van der Waals surface area contributed by atoms with E-state index in [1.54, 1.807) is 36.5 Å². The Morgan fingerprint density at radius 1 is 1.40 bits per heavy atom. The summed E-state index contributed by atoms with van der Waals surface area (Å²) in [5, 5.41) is 8.25. The zero-order valence-corrected chi connectivity index (χ0v) is 13.6.